The number of ether oxygens (including phenoxy) is 2. The lowest BCUT2D eigenvalue weighted by Gasteiger charge is -2.26. The van der Waals surface area contributed by atoms with Gasteiger partial charge in [0, 0.05) is 16.7 Å². The van der Waals surface area contributed by atoms with Crippen molar-refractivity contribution < 1.29 is 32.5 Å². The van der Waals surface area contributed by atoms with E-state index >= 15 is 0 Å². The summed E-state index contributed by atoms with van der Waals surface area (Å²) in [5, 5.41) is 9.33. The minimum absolute atomic E-state index is 0.0794. The Balaban J connectivity index is 1.62. The van der Waals surface area contributed by atoms with Crippen molar-refractivity contribution in [1.29, 1.82) is 0 Å². The fourth-order valence-electron chi connectivity index (χ4n) is 4.67. The predicted octanol–water partition coefficient (Wildman–Crippen LogP) is 5.18. The minimum atomic E-state index is -4.78. The average Bonchev–Trinajstić information content (AvgIpc) is 2.87. The first-order chi connectivity index (χ1) is 18.0. The third-order valence-corrected chi connectivity index (χ3v) is 6.80. The molecule has 3 atom stereocenters. The van der Waals surface area contributed by atoms with Gasteiger partial charge in [0.15, 0.2) is 0 Å². The molecule has 0 spiro atoms. The van der Waals surface area contributed by atoms with E-state index in [-0.39, 0.29) is 34.9 Å². The number of aromatic nitrogens is 2. The number of alkyl halides is 3. The smallest absolute Gasteiger partial charge is 0.429 e. The van der Waals surface area contributed by atoms with Crippen molar-refractivity contribution in [2.45, 2.75) is 50.4 Å². The summed E-state index contributed by atoms with van der Waals surface area (Å²) >= 11 is 6.13. The molecule has 38 heavy (non-hydrogen) atoms. The molecule has 1 aromatic heterocycles. The molecule has 4 rings (SSSR count). The molecule has 0 amide bonds. The molecule has 1 aliphatic heterocycles. The summed E-state index contributed by atoms with van der Waals surface area (Å²) in [6.07, 6.45) is -0.760. The van der Waals surface area contributed by atoms with E-state index in [1.807, 2.05) is 12.2 Å². The number of carboxylic acid groups (broad SMARTS) is 1. The van der Waals surface area contributed by atoms with Crippen LogP contribution in [0.4, 0.5) is 19.1 Å². The molecule has 0 bridgehead atoms. The van der Waals surface area contributed by atoms with Crippen molar-refractivity contribution in [2.75, 3.05) is 18.9 Å². The van der Waals surface area contributed by atoms with Gasteiger partial charge in [0.25, 0.3) is 0 Å². The second-order valence-electron chi connectivity index (χ2n) is 9.34. The standard InChI is InChI=1S/C26H28ClF3N4O4/c27-17-7-8-18(19(11-17)16-2-1-9-37-13-16)23(26(28,29)30)38-22-12-21(33-25(32)34-22)15-5-3-14(4-6-15)10-20(31)24(35)36/h2,5,7-8,11-12,14,20,23H,1,3-4,6,9-10,13,31H2,(H,35,36)(H2,32,33,34)/t14-,20+,23-/m1/s1. The summed E-state index contributed by atoms with van der Waals surface area (Å²) in [5.41, 5.74) is 13.4. The molecular weight excluding hydrogens is 525 g/mol. The molecule has 0 saturated heterocycles. The molecule has 1 aromatic carbocycles. The maximum Gasteiger partial charge on any atom is 0.429 e. The first kappa shape index (κ1) is 27.9. The number of allylic oxidation sites excluding steroid dienone is 2. The Morgan fingerprint density at radius 2 is 2.03 bits per heavy atom. The number of aliphatic carboxylic acids is 1. The van der Waals surface area contributed by atoms with Crippen molar-refractivity contribution >= 4 is 34.7 Å². The van der Waals surface area contributed by atoms with Crippen molar-refractivity contribution in [3.8, 4) is 5.88 Å². The van der Waals surface area contributed by atoms with E-state index in [9.17, 15) is 18.0 Å². The Bertz CT molecular complexity index is 1250. The highest BCUT2D eigenvalue weighted by Gasteiger charge is 2.45. The van der Waals surface area contributed by atoms with Crippen LogP contribution < -0.4 is 16.2 Å². The fourth-order valence-corrected chi connectivity index (χ4v) is 4.84. The van der Waals surface area contributed by atoms with Gasteiger partial charge in [-0.1, -0.05) is 29.8 Å². The molecule has 5 N–H and O–H groups in total. The van der Waals surface area contributed by atoms with Crippen LogP contribution in [0.25, 0.3) is 11.1 Å². The average molecular weight is 553 g/mol. The highest BCUT2D eigenvalue weighted by molar-refractivity contribution is 6.30. The molecule has 8 nitrogen and oxygen atoms in total. The molecule has 0 radical (unpaired) electrons. The molecular formula is C26H28ClF3N4O4. The van der Waals surface area contributed by atoms with E-state index in [0.717, 1.165) is 5.57 Å². The van der Waals surface area contributed by atoms with E-state index in [1.54, 1.807) is 0 Å². The van der Waals surface area contributed by atoms with Gasteiger partial charge in [-0.2, -0.15) is 18.2 Å². The Morgan fingerprint density at radius 3 is 2.66 bits per heavy atom. The zero-order chi connectivity index (χ0) is 27.4. The van der Waals surface area contributed by atoms with Gasteiger partial charge in [-0.3, -0.25) is 4.79 Å². The fraction of sp³-hybridized carbons (Fsp3) is 0.423. The summed E-state index contributed by atoms with van der Waals surface area (Å²) in [6.45, 7) is 0.652. The van der Waals surface area contributed by atoms with Crippen LogP contribution >= 0.6 is 11.6 Å². The zero-order valence-corrected chi connectivity index (χ0v) is 21.1. The van der Waals surface area contributed by atoms with E-state index in [1.165, 1.54) is 24.3 Å². The number of nitrogen functional groups attached to an aromatic ring is 1. The van der Waals surface area contributed by atoms with Crippen LogP contribution in [0.1, 0.15) is 55.0 Å². The van der Waals surface area contributed by atoms with E-state index in [0.29, 0.717) is 55.5 Å². The molecule has 2 aliphatic rings. The number of rotatable bonds is 8. The molecule has 204 valence electrons. The van der Waals surface area contributed by atoms with Gasteiger partial charge in [0.2, 0.25) is 17.9 Å². The van der Waals surface area contributed by atoms with Gasteiger partial charge in [-0.05, 0) is 66.9 Å². The van der Waals surface area contributed by atoms with Crippen LogP contribution in [-0.2, 0) is 9.53 Å². The van der Waals surface area contributed by atoms with Crippen molar-refractivity contribution in [3.05, 3.63) is 58.3 Å². The number of nitrogens with two attached hydrogens (primary N) is 2. The van der Waals surface area contributed by atoms with Crippen molar-refractivity contribution in [2.24, 2.45) is 11.7 Å². The van der Waals surface area contributed by atoms with Gasteiger partial charge in [0.05, 0.1) is 18.9 Å². The monoisotopic (exact) mass is 552 g/mol. The Labute approximate surface area is 222 Å². The van der Waals surface area contributed by atoms with E-state index in [4.69, 9.17) is 37.6 Å². The largest absolute Gasteiger partial charge is 0.480 e. The van der Waals surface area contributed by atoms with E-state index in [2.05, 4.69) is 9.97 Å². The van der Waals surface area contributed by atoms with Crippen LogP contribution in [0.15, 0.2) is 36.4 Å². The molecule has 1 aliphatic carbocycles. The number of carboxylic acids is 1. The second kappa shape index (κ2) is 11.7. The SMILES string of the molecule is Nc1nc(O[C@H](c2ccc(Cl)cc2C2=CCCOC2)C(F)(F)F)cc(C2=CC[C@@H](C[C@H](N)C(=O)O)CC2)n1. The van der Waals surface area contributed by atoms with Gasteiger partial charge < -0.3 is 26.0 Å². The Kier molecular flexibility index (Phi) is 8.59. The second-order valence-corrected chi connectivity index (χ2v) is 9.78. The third kappa shape index (κ3) is 6.83. The lowest BCUT2D eigenvalue weighted by atomic mass is 9.84. The number of hydrogen-bond donors (Lipinski definition) is 3. The van der Waals surface area contributed by atoms with Crippen molar-refractivity contribution in [3.63, 3.8) is 0 Å². The molecule has 2 heterocycles. The highest BCUT2D eigenvalue weighted by atomic mass is 35.5. The van der Waals surface area contributed by atoms with Crippen LogP contribution in [0, 0.1) is 5.92 Å². The normalized spacial score (nSPS) is 19.8. The summed E-state index contributed by atoms with van der Waals surface area (Å²) in [5.74, 6) is -1.52. The van der Waals surface area contributed by atoms with Gasteiger partial charge in [-0.25, -0.2) is 4.98 Å². The number of benzene rings is 1. The first-order valence-corrected chi connectivity index (χ1v) is 12.5. The minimum Gasteiger partial charge on any atom is -0.480 e. The number of hydrogen-bond acceptors (Lipinski definition) is 7. The number of nitrogens with zero attached hydrogens (tertiary/aromatic N) is 2. The van der Waals surface area contributed by atoms with Crippen molar-refractivity contribution in [1.82, 2.24) is 9.97 Å². The number of carbonyl (C=O) groups is 1. The molecule has 0 unspecified atom stereocenters. The third-order valence-electron chi connectivity index (χ3n) is 6.56. The Morgan fingerprint density at radius 1 is 1.24 bits per heavy atom. The first-order valence-electron chi connectivity index (χ1n) is 12.1. The quantitative estimate of drug-likeness (QED) is 0.408. The predicted molar refractivity (Wildman–Crippen MR) is 136 cm³/mol. The summed E-state index contributed by atoms with van der Waals surface area (Å²) in [4.78, 5) is 19.1. The van der Waals surface area contributed by atoms with E-state index < -0.39 is 24.3 Å². The van der Waals surface area contributed by atoms with Gasteiger partial charge in [0.1, 0.15) is 6.04 Å². The van der Waals surface area contributed by atoms with Crippen LogP contribution in [0.2, 0.25) is 5.02 Å². The van der Waals surface area contributed by atoms with Crippen LogP contribution in [0.5, 0.6) is 5.88 Å². The topological polar surface area (TPSA) is 134 Å². The highest BCUT2D eigenvalue weighted by Crippen LogP contribution is 2.41. The number of halogens is 4. The maximum atomic E-state index is 14.4. The molecule has 0 fully saturated rings. The van der Waals surface area contributed by atoms with Crippen LogP contribution in [-0.4, -0.2) is 46.5 Å². The lowest BCUT2D eigenvalue weighted by Crippen LogP contribution is -2.32. The molecule has 12 heteroatoms. The number of anilines is 1. The molecule has 2 aromatic rings. The Hall–Kier alpha value is -3.15. The molecule has 0 saturated carbocycles. The zero-order valence-electron chi connectivity index (χ0n) is 20.4. The van der Waals surface area contributed by atoms with Crippen LogP contribution in [0.3, 0.4) is 0 Å². The summed E-state index contributed by atoms with van der Waals surface area (Å²) in [6, 6.07) is 4.54. The van der Waals surface area contributed by atoms with Gasteiger partial charge >= 0.3 is 12.1 Å². The summed E-state index contributed by atoms with van der Waals surface area (Å²) < 4.78 is 54.0. The van der Waals surface area contributed by atoms with Gasteiger partial charge in [-0.15, -0.1) is 0 Å². The lowest BCUT2D eigenvalue weighted by molar-refractivity contribution is -0.198. The maximum absolute atomic E-state index is 14.4. The summed E-state index contributed by atoms with van der Waals surface area (Å²) in [7, 11) is 0.